The first-order chi connectivity index (χ1) is 9.04. The summed E-state index contributed by atoms with van der Waals surface area (Å²) in [6.45, 7) is 2.56. The summed E-state index contributed by atoms with van der Waals surface area (Å²) < 4.78 is 14.3. The van der Waals surface area contributed by atoms with Gasteiger partial charge in [0, 0.05) is 6.92 Å². The van der Waals surface area contributed by atoms with Gasteiger partial charge >= 0.3 is 17.9 Å². The average molecular weight is 266 g/mol. The monoisotopic (exact) mass is 266 g/mol. The van der Waals surface area contributed by atoms with E-state index in [0.29, 0.717) is 0 Å². The highest BCUT2D eigenvalue weighted by Gasteiger charge is 2.16. The predicted octanol–water partition coefficient (Wildman–Crippen LogP) is 1.33. The van der Waals surface area contributed by atoms with Gasteiger partial charge in [-0.2, -0.15) is 0 Å². The van der Waals surface area contributed by atoms with Crippen LogP contribution in [0.4, 0.5) is 0 Å². The molecule has 0 aliphatic rings. The molecule has 1 aromatic rings. The van der Waals surface area contributed by atoms with Crippen molar-refractivity contribution in [3.8, 4) is 5.75 Å². The minimum Gasteiger partial charge on any atom is -0.462 e. The first kappa shape index (κ1) is 14.7. The van der Waals surface area contributed by atoms with Crippen LogP contribution < -0.4 is 4.74 Å². The molecular formula is C13H14O6. The molecule has 1 aromatic carbocycles. The van der Waals surface area contributed by atoms with E-state index in [2.05, 4.69) is 4.74 Å². The van der Waals surface area contributed by atoms with Gasteiger partial charge in [0.1, 0.15) is 11.3 Å². The second-order valence-corrected chi connectivity index (χ2v) is 3.47. The van der Waals surface area contributed by atoms with Gasteiger partial charge in [-0.25, -0.2) is 9.59 Å². The minimum atomic E-state index is -0.771. The van der Waals surface area contributed by atoms with Crippen molar-refractivity contribution >= 4 is 17.9 Å². The molecular weight excluding hydrogens is 252 g/mol. The molecule has 102 valence electrons. The van der Waals surface area contributed by atoms with Crippen LogP contribution >= 0.6 is 0 Å². The molecule has 0 radical (unpaired) electrons. The van der Waals surface area contributed by atoms with Crippen LogP contribution in [0, 0.1) is 0 Å². The van der Waals surface area contributed by atoms with Gasteiger partial charge < -0.3 is 14.2 Å². The molecule has 1 rings (SSSR count). The molecule has 6 nitrogen and oxygen atoms in total. The number of hydrogen-bond acceptors (Lipinski definition) is 6. The summed E-state index contributed by atoms with van der Waals surface area (Å²) in [5.74, 6) is -1.88. The van der Waals surface area contributed by atoms with Gasteiger partial charge in [0.25, 0.3) is 0 Å². The average Bonchev–Trinajstić information content (AvgIpc) is 2.37. The third-order valence-electron chi connectivity index (χ3n) is 2.00. The lowest BCUT2D eigenvalue weighted by Gasteiger charge is -2.09. The zero-order valence-electron chi connectivity index (χ0n) is 10.7. The van der Waals surface area contributed by atoms with Gasteiger partial charge in [-0.05, 0) is 19.1 Å². The number of benzene rings is 1. The van der Waals surface area contributed by atoms with Crippen molar-refractivity contribution in [3.63, 3.8) is 0 Å². The second kappa shape index (κ2) is 7.15. The summed E-state index contributed by atoms with van der Waals surface area (Å²) in [7, 11) is 0. The quantitative estimate of drug-likeness (QED) is 0.591. The van der Waals surface area contributed by atoms with E-state index in [1.807, 2.05) is 0 Å². The van der Waals surface area contributed by atoms with E-state index in [-0.39, 0.29) is 17.9 Å². The highest BCUT2D eigenvalue weighted by molar-refractivity contribution is 5.93. The minimum absolute atomic E-state index is 0.0677. The molecule has 0 aliphatic heterocycles. The number of esters is 3. The maximum Gasteiger partial charge on any atom is 0.349 e. The molecule has 6 heteroatoms. The molecule has 0 N–H and O–H groups in total. The second-order valence-electron chi connectivity index (χ2n) is 3.47. The molecule has 0 atom stereocenters. The number of rotatable bonds is 5. The van der Waals surface area contributed by atoms with Gasteiger partial charge in [0.2, 0.25) is 0 Å². The molecule has 0 amide bonds. The molecule has 0 unspecified atom stereocenters. The van der Waals surface area contributed by atoms with Crippen molar-refractivity contribution in [1.82, 2.24) is 0 Å². The van der Waals surface area contributed by atoms with Crippen molar-refractivity contribution < 1.29 is 28.6 Å². The number of hydrogen-bond donors (Lipinski definition) is 0. The first-order valence-corrected chi connectivity index (χ1v) is 5.64. The Kier molecular flexibility index (Phi) is 5.53. The molecule has 0 aromatic heterocycles. The molecule has 0 bridgehead atoms. The van der Waals surface area contributed by atoms with Crippen molar-refractivity contribution in [1.29, 1.82) is 0 Å². The largest absolute Gasteiger partial charge is 0.462 e. The lowest BCUT2D eigenvalue weighted by molar-refractivity contribution is -0.152. The van der Waals surface area contributed by atoms with E-state index < -0.39 is 24.5 Å². The van der Waals surface area contributed by atoms with Crippen LogP contribution in [0.2, 0.25) is 0 Å². The Hall–Kier alpha value is -2.37. The maximum absolute atomic E-state index is 11.6. The van der Waals surface area contributed by atoms with Gasteiger partial charge in [-0.1, -0.05) is 12.1 Å². The number of carbonyl (C=O) groups excluding carboxylic acids is 3. The zero-order valence-corrected chi connectivity index (χ0v) is 10.7. The zero-order chi connectivity index (χ0) is 14.3. The van der Waals surface area contributed by atoms with Crippen molar-refractivity contribution in [2.45, 2.75) is 13.8 Å². The van der Waals surface area contributed by atoms with Crippen LogP contribution in [0.15, 0.2) is 24.3 Å². The molecule has 0 saturated heterocycles. The maximum atomic E-state index is 11.6. The van der Waals surface area contributed by atoms with Gasteiger partial charge in [0.05, 0.1) is 6.61 Å². The lowest BCUT2D eigenvalue weighted by Crippen LogP contribution is -2.19. The lowest BCUT2D eigenvalue weighted by atomic mass is 10.2. The SMILES string of the molecule is CCOC(=O)c1ccccc1OC(=O)COC(C)=O. The Morgan fingerprint density at radius 1 is 1.11 bits per heavy atom. The van der Waals surface area contributed by atoms with Crippen molar-refractivity contribution in [2.75, 3.05) is 13.2 Å². The topological polar surface area (TPSA) is 78.9 Å². The fraction of sp³-hybridized carbons (Fsp3) is 0.308. The summed E-state index contributed by atoms with van der Waals surface area (Å²) in [5, 5.41) is 0. The van der Waals surface area contributed by atoms with Crippen LogP contribution in [0.1, 0.15) is 24.2 Å². The summed E-state index contributed by atoms with van der Waals surface area (Å²) in [6, 6.07) is 6.16. The van der Waals surface area contributed by atoms with E-state index in [4.69, 9.17) is 9.47 Å². The Balaban J connectivity index is 2.75. The predicted molar refractivity (Wildman–Crippen MR) is 64.7 cm³/mol. The molecule has 19 heavy (non-hydrogen) atoms. The molecule has 0 saturated carbocycles. The summed E-state index contributed by atoms with van der Waals surface area (Å²) >= 11 is 0. The van der Waals surface area contributed by atoms with Gasteiger partial charge in [-0.3, -0.25) is 4.79 Å². The molecule has 0 heterocycles. The Bertz CT molecular complexity index is 480. The van der Waals surface area contributed by atoms with E-state index >= 15 is 0 Å². The number of carbonyl (C=O) groups is 3. The van der Waals surface area contributed by atoms with Gasteiger partial charge in [0.15, 0.2) is 6.61 Å². The third-order valence-corrected chi connectivity index (χ3v) is 2.00. The van der Waals surface area contributed by atoms with Crippen LogP contribution in [-0.2, 0) is 19.1 Å². The fourth-order valence-corrected chi connectivity index (χ4v) is 1.25. The van der Waals surface area contributed by atoms with Crippen LogP contribution in [0.25, 0.3) is 0 Å². The van der Waals surface area contributed by atoms with E-state index in [9.17, 15) is 14.4 Å². The van der Waals surface area contributed by atoms with Crippen LogP contribution in [0.5, 0.6) is 5.75 Å². The van der Waals surface area contributed by atoms with E-state index in [0.717, 1.165) is 0 Å². The van der Waals surface area contributed by atoms with E-state index in [1.54, 1.807) is 19.1 Å². The highest BCUT2D eigenvalue weighted by atomic mass is 16.6. The summed E-state index contributed by atoms with van der Waals surface area (Å²) in [4.78, 5) is 33.6. The Labute approximate surface area is 110 Å². The number of para-hydroxylation sites is 1. The van der Waals surface area contributed by atoms with Crippen molar-refractivity contribution in [3.05, 3.63) is 29.8 Å². The Morgan fingerprint density at radius 2 is 1.79 bits per heavy atom. The molecule has 0 spiro atoms. The normalized spacial score (nSPS) is 9.58. The highest BCUT2D eigenvalue weighted by Crippen LogP contribution is 2.19. The van der Waals surface area contributed by atoms with Crippen LogP contribution in [0.3, 0.4) is 0 Å². The first-order valence-electron chi connectivity index (χ1n) is 5.64. The summed E-state index contributed by atoms with van der Waals surface area (Å²) in [6.07, 6.45) is 0. The van der Waals surface area contributed by atoms with Gasteiger partial charge in [-0.15, -0.1) is 0 Å². The third kappa shape index (κ3) is 4.79. The summed E-state index contributed by atoms with van der Waals surface area (Å²) in [5.41, 5.74) is 0.139. The fourth-order valence-electron chi connectivity index (χ4n) is 1.25. The van der Waals surface area contributed by atoms with E-state index in [1.165, 1.54) is 19.1 Å². The Morgan fingerprint density at radius 3 is 2.42 bits per heavy atom. The molecule has 0 fully saturated rings. The smallest absolute Gasteiger partial charge is 0.349 e. The standard InChI is InChI=1S/C13H14O6/c1-3-17-13(16)10-6-4-5-7-11(10)19-12(15)8-18-9(2)14/h4-7H,3,8H2,1-2H3. The number of ether oxygens (including phenoxy) is 3. The van der Waals surface area contributed by atoms with Crippen LogP contribution in [-0.4, -0.2) is 31.1 Å². The van der Waals surface area contributed by atoms with Crippen molar-refractivity contribution in [2.24, 2.45) is 0 Å². The molecule has 0 aliphatic carbocycles.